The van der Waals surface area contributed by atoms with Crippen LogP contribution >= 0.6 is 0 Å². The van der Waals surface area contributed by atoms with Gasteiger partial charge in [-0.25, -0.2) is 4.39 Å². The minimum atomic E-state index is -0.226. The zero-order chi connectivity index (χ0) is 30.0. The molecule has 0 radical (unpaired) electrons. The molecule has 0 unspecified atom stereocenters. The Kier molecular flexibility index (Phi) is 8.17. The molecule has 0 aliphatic heterocycles. The van der Waals surface area contributed by atoms with E-state index in [0.717, 1.165) is 49.2 Å². The van der Waals surface area contributed by atoms with Crippen molar-refractivity contribution in [1.82, 2.24) is 4.57 Å². The van der Waals surface area contributed by atoms with Gasteiger partial charge in [0.1, 0.15) is 5.82 Å². The maximum Gasteiger partial charge on any atom is 0.306 e. The number of rotatable bonds is 13. The van der Waals surface area contributed by atoms with E-state index in [2.05, 4.69) is 78.3 Å². The average Bonchev–Trinajstić information content (AvgIpc) is 3.94. The summed E-state index contributed by atoms with van der Waals surface area (Å²) in [4.78, 5) is 12.2. The van der Waals surface area contributed by atoms with Crippen LogP contribution in [0.5, 0.6) is 0 Å². The molecule has 1 N–H and O–H groups in total. The zero-order valence-electron chi connectivity index (χ0n) is 25.7. The van der Waals surface area contributed by atoms with Crippen molar-refractivity contribution in [2.24, 2.45) is 10.8 Å². The lowest BCUT2D eigenvalue weighted by Crippen LogP contribution is -2.18. The number of para-hydroxylation sites is 1. The van der Waals surface area contributed by atoms with E-state index in [1.807, 2.05) is 18.2 Å². The van der Waals surface area contributed by atoms with Gasteiger partial charge in [0.25, 0.3) is 0 Å². The number of aromatic nitrogens is 1. The first-order valence-corrected chi connectivity index (χ1v) is 15.7. The van der Waals surface area contributed by atoms with Gasteiger partial charge >= 0.3 is 5.97 Å². The number of nitrogens with one attached hydrogen (secondary N) is 1. The maximum atomic E-state index is 14.2. The van der Waals surface area contributed by atoms with Crippen molar-refractivity contribution < 1.29 is 13.9 Å². The van der Waals surface area contributed by atoms with Gasteiger partial charge in [-0.1, -0.05) is 62.4 Å². The van der Waals surface area contributed by atoms with Gasteiger partial charge in [0, 0.05) is 35.6 Å². The predicted molar refractivity (Wildman–Crippen MR) is 172 cm³/mol. The standard InChI is InChI=1S/C38H43FN2O2/c1-27(2)35-32(25-40-31-12-8-5-9-13-31)34(28-10-6-4-7-11-28)36(29-14-16-30(39)17-15-29)41(35)23-22-37(18-19-37)26-38(20-21-38)24-33(42)43-3/h4-17,27,40H,18-26H2,1-3H3. The van der Waals surface area contributed by atoms with Gasteiger partial charge in [-0.3, -0.25) is 4.79 Å². The minimum Gasteiger partial charge on any atom is -0.469 e. The number of esters is 1. The summed E-state index contributed by atoms with van der Waals surface area (Å²) in [6.07, 6.45) is 7.39. The molecule has 1 heterocycles. The third-order valence-corrected chi connectivity index (χ3v) is 9.66. The van der Waals surface area contributed by atoms with E-state index < -0.39 is 0 Å². The minimum absolute atomic E-state index is 0.0811. The third kappa shape index (κ3) is 6.41. The Balaban J connectivity index is 1.43. The lowest BCUT2D eigenvalue weighted by atomic mass is 9.85. The normalized spacial score (nSPS) is 16.2. The number of hydrogen-bond donors (Lipinski definition) is 1. The van der Waals surface area contributed by atoms with Crippen LogP contribution in [0.25, 0.3) is 22.4 Å². The molecule has 1 aromatic heterocycles. The molecule has 3 aromatic carbocycles. The highest BCUT2D eigenvalue weighted by Crippen LogP contribution is 2.64. The quantitative estimate of drug-likeness (QED) is 0.161. The summed E-state index contributed by atoms with van der Waals surface area (Å²) in [6.45, 7) is 6.14. The molecular weight excluding hydrogens is 535 g/mol. The number of benzene rings is 3. The second-order valence-corrected chi connectivity index (χ2v) is 13.2. The summed E-state index contributed by atoms with van der Waals surface area (Å²) in [6, 6.07) is 28.0. The second-order valence-electron chi connectivity index (χ2n) is 13.2. The van der Waals surface area contributed by atoms with E-state index in [-0.39, 0.29) is 28.5 Å². The lowest BCUT2D eigenvalue weighted by Gasteiger charge is -2.24. The fraction of sp³-hybridized carbons (Fsp3) is 0.395. The maximum absolute atomic E-state index is 14.2. The van der Waals surface area contributed by atoms with Crippen LogP contribution in [0.4, 0.5) is 10.1 Å². The molecule has 0 spiro atoms. The molecule has 2 fully saturated rings. The Bertz CT molecular complexity index is 1550. The SMILES string of the molecule is COC(=O)CC1(CC2(CCn3c(-c4ccc(F)cc4)c(-c4ccccc4)c(CNc4ccccc4)c3C(C)C)CC2)CC1. The van der Waals surface area contributed by atoms with Crippen LogP contribution in [0.2, 0.25) is 0 Å². The van der Waals surface area contributed by atoms with Crippen molar-refractivity contribution in [3.8, 4) is 22.4 Å². The molecule has 6 rings (SSSR count). The van der Waals surface area contributed by atoms with Crippen LogP contribution in [0, 0.1) is 16.6 Å². The average molecular weight is 579 g/mol. The fourth-order valence-corrected chi connectivity index (χ4v) is 7.14. The molecule has 43 heavy (non-hydrogen) atoms. The van der Waals surface area contributed by atoms with Gasteiger partial charge in [-0.05, 0) is 103 Å². The number of halogens is 1. The van der Waals surface area contributed by atoms with Crippen LogP contribution in [-0.2, 0) is 22.6 Å². The number of anilines is 1. The van der Waals surface area contributed by atoms with Crippen LogP contribution in [0.3, 0.4) is 0 Å². The van der Waals surface area contributed by atoms with Crippen molar-refractivity contribution >= 4 is 11.7 Å². The van der Waals surface area contributed by atoms with E-state index in [1.165, 1.54) is 42.3 Å². The molecule has 5 heteroatoms. The van der Waals surface area contributed by atoms with Gasteiger partial charge in [0.2, 0.25) is 0 Å². The van der Waals surface area contributed by atoms with Crippen LogP contribution < -0.4 is 5.32 Å². The van der Waals surface area contributed by atoms with E-state index in [0.29, 0.717) is 13.0 Å². The second kappa shape index (κ2) is 12.0. The smallest absolute Gasteiger partial charge is 0.306 e. The summed E-state index contributed by atoms with van der Waals surface area (Å²) >= 11 is 0. The summed E-state index contributed by atoms with van der Waals surface area (Å²) in [5.74, 6) is -0.0219. The molecule has 2 saturated carbocycles. The van der Waals surface area contributed by atoms with Crippen LogP contribution in [0.15, 0.2) is 84.9 Å². The van der Waals surface area contributed by atoms with E-state index in [1.54, 1.807) is 12.1 Å². The number of nitrogens with zero attached hydrogens (tertiary/aromatic N) is 1. The Morgan fingerprint density at radius 2 is 1.51 bits per heavy atom. The van der Waals surface area contributed by atoms with Gasteiger partial charge in [-0.15, -0.1) is 0 Å². The van der Waals surface area contributed by atoms with Crippen molar-refractivity contribution in [3.05, 3.63) is 102 Å². The summed E-state index contributed by atoms with van der Waals surface area (Å²) in [7, 11) is 1.50. The van der Waals surface area contributed by atoms with Gasteiger partial charge in [0.15, 0.2) is 0 Å². The Morgan fingerprint density at radius 1 is 0.884 bits per heavy atom. The molecule has 2 aliphatic carbocycles. The Hall–Kier alpha value is -3.86. The number of methoxy groups -OCH3 is 1. The van der Waals surface area contributed by atoms with Crippen LogP contribution in [0.1, 0.15) is 76.0 Å². The molecule has 4 aromatic rings. The molecule has 4 nitrogen and oxygen atoms in total. The van der Waals surface area contributed by atoms with E-state index in [9.17, 15) is 9.18 Å². The molecule has 0 bridgehead atoms. The van der Waals surface area contributed by atoms with Gasteiger partial charge in [0.05, 0.1) is 19.2 Å². The largest absolute Gasteiger partial charge is 0.469 e. The van der Waals surface area contributed by atoms with Crippen LogP contribution in [-0.4, -0.2) is 17.6 Å². The molecule has 0 atom stereocenters. The summed E-state index contributed by atoms with van der Waals surface area (Å²) < 4.78 is 21.8. The Morgan fingerprint density at radius 3 is 2.09 bits per heavy atom. The molecule has 224 valence electrons. The predicted octanol–water partition coefficient (Wildman–Crippen LogP) is 9.60. The third-order valence-electron chi connectivity index (χ3n) is 9.66. The molecule has 0 saturated heterocycles. The lowest BCUT2D eigenvalue weighted by molar-refractivity contribution is -0.142. The van der Waals surface area contributed by atoms with Gasteiger partial charge in [-0.2, -0.15) is 0 Å². The first-order valence-electron chi connectivity index (χ1n) is 15.7. The molecule has 0 amide bonds. The van der Waals surface area contributed by atoms with E-state index in [4.69, 9.17) is 4.74 Å². The first kappa shape index (κ1) is 29.2. The van der Waals surface area contributed by atoms with Crippen molar-refractivity contribution in [2.45, 2.75) is 77.8 Å². The molecular formula is C38H43FN2O2. The fourth-order valence-electron chi connectivity index (χ4n) is 7.14. The van der Waals surface area contributed by atoms with Gasteiger partial charge < -0.3 is 14.6 Å². The van der Waals surface area contributed by atoms with Crippen molar-refractivity contribution in [3.63, 3.8) is 0 Å². The van der Waals surface area contributed by atoms with E-state index >= 15 is 0 Å². The highest BCUT2D eigenvalue weighted by atomic mass is 19.1. The van der Waals surface area contributed by atoms with Crippen molar-refractivity contribution in [1.29, 1.82) is 0 Å². The summed E-state index contributed by atoms with van der Waals surface area (Å²) in [5, 5.41) is 3.70. The van der Waals surface area contributed by atoms with Crippen molar-refractivity contribution in [2.75, 3.05) is 12.4 Å². The highest BCUT2D eigenvalue weighted by molar-refractivity contribution is 5.86. The monoisotopic (exact) mass is 578 g/mol. The topological polar surface area (TPSA) is 43.3 Å². The molecule has 2 aliphatic rings. The Labute approximate surface area is 255 Å². The number of carbonyl (C=O) groups is 1. The number of hydrogen-bond acceptors (Lipinski definition) is 3. The number of ether oxygens (including phenoxy) is 1. The first-order chi connectivity index (χ1) is 20.8. The highest BCUT2D eigenvalue weighted by Gasteiger charge is 2.54. The number of carbonyl (C=O) groups excluding carboxylic acids is 1. The summed E-state index contributed by atoms with van der Waals surface area (Å²) in [5.41, 5.74) is 8.68. The zero-order valence-corrected chi connectivity index (χ0v) is 25.7.